The fourth-order valence-electron chi connectivity index (χ4n) is 3.04. The Hall–Kier alpha value is -3.25. The van der Waals surface area contributed by atoms with Crippen LogP contribution in [0.5, 0.6) is 5.75 Å². The summed E-state index contributed by atoms with van der Waals surface area (Å²) in [6.45, 7) is 1.71. The minimum absolute atomic E-state index is 0.0258. The molecule has 7 nitrogen and oxygen atoms in total. The number of aryl methyl sites for hydroxylation is 1. The summed E-state index contributed by atoms with van der Waals surface area (Å²) in [6.07, 6.45) is -3.14. The van der Waals surface area contributed by atoms with Crippen LogP contribution in [0.2, 0.25) is 0 Å². The van der Waals surface area contributed by atoms with Crippen molar-refractivity contribution in [1.82, 2.24) is 14.7 Å². The number of alkyl halides is 3. The number of rotatable bonds is 7. The third-order valence-corrected chi connectivity index (χ3v) is 5.91. The predicted molar refractivity (Wildman–Crippen MR) is 124 cm³/mol. The summed E-state index contributed by atoms with van der Waals surface area (Å²) in [5.41, 5.74) is 2.09. The van der Waals surface area contributed by atoms with Gasteiger partial charge in [-0.1, -0.05) is 45.0 Å². The average molecular weight is 553 g/mol. The molecule has 0 saturated carbocycles. The van der Waals surface area contributed by atoms with Crippen molar-refractivity contribution < 1.29 is 27.2 Å². The lowest BCUT2D eigenvalue weighted by molar-refractivity contribution is -0.274. The molecule has 0 saturated heterocycles. The van der Waals surface area contributed by atoms with E-state index in [1.54, 1.807) is 23.8 Å². The molecule has 0 fully saturated rings. The summed E-state index contributed by atoms with van der Waals surface area (Å²) in [7, 11) is 0. The monoisotopic (exact) mass is 552 g/mol. The van der Waals surface area contributed by atoms with Crippen LogP contribution >= 0.6 is 27.7 Å². The van der Waals surface area contributed by atoms with Crippen LogP contribution in [-0.2, 0) is 4.79 Å². The van der Waals surface area contributed by atoms with Crippen LogP contribution in [0.1, 0.15) is 5.76 Å². The zero-order valence-corrected chi connectivity index (χ0v) is 19.9. The lowest BCUT2D eigenvalue weighted by Gasteiger charge is -2.14. The number of halogens is 4. The largest absolute Gasteiger partial charge is 0.573 e. The molecule has 1 amide bonds. The minimum atomic E-state index is -4.78. The zero-order chi connectivity index (χ0) is 24.3. The van der Waals surface area contributed by atoms with E-state index in [1.807, 2.05) is 24.3 Å². The molecule has 2 aromatic heterocycles. The Balaban J connectivity index is 1.61. The van der Waals surface area contributed by atoms with Crippen molar-refractivity contribution in [3.05, 3.63) is 71.0 Å². The summed E-state index contributed by atoms with van der Waals surface area (Å²) < 4.78 is 49.2. The summed E-state index contributed by atoms with van der Waals surface area (Å²) >= 11 is 4.57. The molecule has 0 atom stereocenters. The topological polar surface area (TPSA) is 82.2 Å². The molecule has 0 aliphatic heterocycles. The van der Waals surface area contributed by atoms with Gasteiger partial charge < -0.3 is 14.6 Å². The second-order valence-electron chi connectivity index (χ2n) is 6.97. The van der Waals surface area contributed by atoms with Crippen LogP contribution in [0.15, 0.2) is 74.9 Å². The van der Waals surface area contributed by atoms with Crippen LogP contribution < -0.4 is 10.1 Å². The highest BCUT2D eigenvalue weighted by molar-refractivity contribution is 9.10. The molecular formula is C22H16BrF3N4O3S. The Morgan fingerprint density at radius 3 is 2.50 bits per heavy atom. The van der Waals surface area contributed by atoms with Crippen molar-refractivity contribution >= 4 is 39.4 Å². The van der Waals surface area contributed by atoms with Crippen LogP contribution in [-0.4, -0.2) is 32.7 Å². The Morgan fingerprint density at radius 1 is 1.18 bits per heavy atom. The number of aromatic nitrogens is 3. The van der Waals surface area contributed by atoms with Crippen molar-refractivity contribution in [1.29, 1.82) is 0 Å². The summed E-state index contributed by atoms with van der Waals surface area (Å²) in [6, 6.07) is 14.5. The first-order chi connectivity index (χ1) is 16.2. The van der Waals surface area contributed by atoms with Gasteiger partial charge in [-0.25, -0.2) is 4.98 Å². The number of hydrogen-bond acceptors (Lipinski definition) is 6. The number of nitrogens with one attached hydrogen (secondary N) is 1. The fourth-order valence-corrected chi connectivity index (χ4v) is 4.10. The van der Waals surface area contributed by atoms with Gasteiger partial charge in [-0.15, -0.1) is 13.2 Å². The van der Waals surface area contributed by atoms with E-state index in [2.05, 4.69) is 36.1 Å². The van der Waals surface area contributed by atoms with Crippen LogP contribution in [0, 0.1) is 6.92 Å². The molecule has 176 valence electrons. The van der Waals surface area contributed by atoms with Crippen molar-refractivity contribution in [2.75, 3.05) is 11.1 Å². The fraction of sp³-hybridized carbons (Fsp3) is 0.136. The van der Waals surface area contributed by atoms with Gasteiger partial charge in [0.25, 0.3) is 0 Å². The first-order valence-electron chi connectivity index (χ1n) is 9.74. The van der Waals surface area contributed by atoms with Crippen molar-refractivity contribution in [3.8, 4) is 22.7 Å². The van der Waals surface area contributed by atoms with E-state index in [-0.39, 0.29) is 17.4 Å². The highest BCUT2D eigenvalue weighted by Crippen LogP contribution is 2.32. The molecule has 1 N–H and O–H groups in total. The van der Waals surface area contributed by atoms with Gasteiger partial charge in [-0.05, 0) is 43.3 Å². The Morgan fingerprint density at radius 2 is 1.88 bits per heavy atom. The molecule has 4 aromatic rings. The number of ether oxygens (including phenoxy) is 1. The molecule has 2 heterocycles. The highest BCUT2D eigenvalue weighted by atomic mass is 79.9. The first-order valence-corrected chi connectivity index (χ1v) is 11.5. The van der Waals surface area contributed by atoms with E-state index in [9.17, 15) is 18.0 Å². The number of anilines is 1. The molecule has 0 aliphatic carbocycles. The van der Waals surface area contributed by atoms with Gasteiger partial charge in [-0.2, -0.15) is 0 Å². The van der Waals surface area contributed by atoms with Crippen molar-refractivity contribution in [2.45, 2.75) is 18.4 Å². The van der Waals surface area contributed by atoms with Crippen molar-refractivity contribution in [2.24, 2.45) is 0 Å². The van der Waals surface area contributed by atoms with Gasteiger partial charge in [0.2, 0.25) is 5.91 Å². The number of amides is 1. The van der Waals surface area contributed by atoms with E-state index >= 15 is 0 Å². The number of carbonyl (C=O) groups excluding carboxylic acids is 1. The van der Waals surface area contributed by atoms with Gasteiger partial charge in [-0.3, -0.25) is 9.36 Å². The van der Waals surface area contributed by atoms with E-state index in [1.165, 1.54) is 36.0 Å². The first kappa shape index (κ1) is 23.9. The van der Waals surface area contributed by atoms with E-state index in [0.717, 1.165) is 10.0 Å². The Bertz CT molecular complexity index is 1290. The molecule has 34 heavy (non-hydrogen) atoms. The molecule has 12 heteroatoms. The summed E-state index contributed by atoms with van der Waals surface area (Å²) in [5.74, 6) is 0.251. The van der Waals surface area contributed by atoms with Crippen LogP contribution in [0.4, 0.5) is 19.0 Å². The van der Waals surface area contributed by atoms with Crippen LogP contribution in [0.3, 0.4) is 0 Å². The zero-order valence-electron chi connectivity index (χ0n) is 17.5. The Kier molecular flexibility index (Phi) is 6.98. The quantitative estimate of drug-likeness (QED) is 0.274. The normalized spacial score (nSPS) is 11.4. The molecule has 2 aromatic carbocycles. The molecular weight excluding hydrogens is 537 g/mol. The standard InChI is InChI=1S/C22H16BrF3N4O3S/c1-13-10-19(29-33-13)28-20(31)12-34-21-27-11-18(14-2-4-15(23)5-3-14)30(21)16-6-8-17(9-7-16)32-22(24,25)26/h2-11H,12H2,1H3,(H,28,29,31). The lowest BCUT2D eigenvalue weighted by Crippen LogP contribution is -2.17. The molecule has 0 spiro atoms. The van der Waals surface area contributed by atoms with E-state index < -0.39 is 6.36 Å². The SMILES string of the molecule is Cc1cc(NC(=O)CSc2ncc(-c3ccc(Br)cc3)n2-c2ccc(OC(F)(F)F)cc2)no1. The van der Waals surface area contributed by atoms with Gasteiger partial charge in [0, 0.05) is 21.8 Å². The smallest absolute Gasteiger partial charge is 0.406 e. The Labute approximate surface area is 204 Å². The number of benzene rings is 2. The molecule has 0 unspecified atom stereocenters. The van der Waals surface area contributed by atoms with Gasteiger partial charge in [0.1, 0.15) is 11.5 Å². The molecule has 0 radical (unpaired) electrons. The highest BCUT2D eigenvalue weighted by Gasteiger charge is 2.31. The van der Waals surface area contributed by atoms with E-state index in [0.29, 0.717) is 28.1 Å². The molecule has 4 rings (SSSR count). The maximum Gasteiger partial charge on any atom is 0.573 e. The number of imidazole rings is 1. The molecule has 0 aliphatic rings. The van der Waals surface area contributed by atoms with Gasteiger partial charge in [0.05, 0.1) is 17.6 Å². The van der Waals surface area contributed by atoms with Gasteiger partial charge in [0.15, 0.2) is 11.0 Å². The maximum absolute atomic E-state index is 12.5. The van der Waals surface area contributed by atoms with Gasteiger partial charge >= 0.3 is 6.36 Å². The summed E-state index contributed by atoms with van der Waals surface area (Å²) in [5, 5.41) is 6.84. The lowest BCUT2D eigenvalue weighted by atomic mass is 10.1. The van der Waals surface area contributed by atoms with Crippen molar-refractivity contribution in [3.63, 3.8) is 0 Å². The second kappa shape index (κ2) is 9.94. The summed E-state index contributed by atoms with van der Waals surface area (Å²) in [4.78, 5) is 16.8. The number of carbonyl (C=O) groups is 1. The predicted octanol–water partition coefficient (Wildman–Crippen LogP) is 6.23. The number of thioether (sulfide) groups is 1. The third kappa shape index (κ3) is 6.00. The number of hydrogen-bond donors (Lipinski definition) is 1. The minimum Gasteiger partial charge on any atom is -0.406 e. The average Bonchev–Trinajstić information content (AvgIpc) is 3.38. The van der Waals surface area contributed by atoms with E-state index in [4.69, 9.17) is 4.52 Å². The third-order valence-electron chi connectivity index (χ3n) is 4.43. The maximum atomic E-state index is 12.5. The van der Waals surface area contributed by atoms with Crippen LogP contribution in [0.25, 0.3) is 16.9 Å². The molecule has 0 bridgehead atoms. The second-order valence-corrected chi connectivity index (χ2v) is 8.83. The number of nitrogens with zero attached hydrogens (tertiary/aromatic N) is 3.